The lowest BCUT2D eigenvalue weighted by atomic mass is 10.1. The molecule has 0 saturated heterocycles. The quantitative estimate of drug-likeness (QED) is 0.512. The number of rotatable bonds is 4. The van der Waals surface area contributed by atoms with Crippen LogP contribution in [-0.2, 0) is 4.79 Å². The lowest BCUT2D eigenvalue weighted by Gasteiger charge is -2.12. The second kappa shape index (κ2) is 7.93. The zero-order valence-electron chi connectivity index (χ0n) is 16.0. The monoisotopic (exact) mass is 373 g/mol. The van der Waals surface area contributed by atoms with Crippen LogP contribution in [0, 0.1) is 37.9 Å². The number of aromatic nitrogens is 1. The second-order valence-electron chi connectivity index (χ2n) is 6.58. The van der Waals surface area contributed by atoms with Gasteiger partial charge in [-0.3, -0.25) is 4.79 Å². The fraction of sp³-hybridized carbons (Fsp3) is 0.130. The molecule has 3 aromatic rings. The van der Waals surface area contributed by atoms with Crippen molar-refractivity contribution in [2.75, 3.05) is 5.32 Å². The summed E-state index contributed by atoms with van der Waals surface area (Å²) >= 11 is 0. The van der Waals surface area contributed by atoms with Gasteiger partial charge in [0.25, 0.3) is 5.91 Å². The van der Waals surface area contributed by atoms with Crippen LogP contribution in [-0.4, -0.2) is 10.5 Å². The Morgan fingerprint density at radius 3 is 2.43 bits per heavy atom. The number of carbonyl (C=O) groups is 1. The molecule has 2 aromatic carbocycles. The minimum absolute atomic E-state index is 0.0191. The zero-order chi connectivity index (χ0) is 20.3. The van der Waals surface area contributed by atoms with Crippen molar-refractivity contribution in [1.29, 1.82) is 5.26 Å². The van der Waals surface area contributed by atoms with Crippen LogP contribution in [0.1, 0.15) is 22.5 Å². The molecule has 0 aliphatic rings. The van der Waals surface area contributed by atoms with Gasteiger partial charge in [0.2, 0.25) is 0 Å². The van der Waals surface area contributed by atoms with Crippen LogP contribution in [0.5, 0.6) is 0 Å². The third-order valence-corrected chi connectivity index (χ3v) is 4.59. The predicted octanol–water partition coefficient (Wildman–Crippen LogP) is 5.09. The van der Waals surface area contributed by atoms with Crippen LogP contribution in [0.15, 0.2) is 60.2 Å². The summed E-state index contributed by atoms with van der Waals surface area (Å²) in [6.45, 7) is 5.99. The lowest BCUT2D eigenvalue weighted by Crippen LogP contribution is -2.13. The minimum atomic E-state index is -0.533. The first-order valence-electron chi connectivity index (χ1n) is 8.84. The second-order valence-corrected chi connectivity index (χ2v) is 6.58. The molecule has 0 unspecified atom stereocenters. The average molecular weight is 373 g/mol. The van der Waals surface area contributed by atoms with E-state index in [1.165, 1.54) is 24.3 Å². The zero-order valence-corrected chi connectivity index (χ0v) is 16.0. The van der Waals surface area contributed by atoms with Crippen molar-refractivity contribution >= 4 is 17.7 Å². The topological polar surface area (TPSA) is 57.8 Å². The van der Waals surface area contributed by atoms with E-state index in [9.17, 15) is 14.4 Å². The molecule has 28 heavy (non-hydrogen) atoms. The number of carbonyl (C=O) groups excluding carboxylic acids is 1. The maximum atomic E-state index is 13.0. The van der Waals surface area contributed by atoms with Gasteiger partial charge >= 0.3 is 0 Å². The van der Waals surface area contributed by atoms with Crippen LogP contribution >= 0.6 is 0 Å². The summed E-state index contributed by atoms with van der Waals surface area (Å²) in [5.41, 5.74) is 5.35. The first-order valence-corrected chi connectivity index (χ1v) is 8.84. The molecule has 0 saturated carbocycles. The molecule has 1 heterocycles. The van der Waals surface area contributed by atoms with E-state index in [2.05, 4.69) is 9.88 Å². The number of nitrogens with zero attached hydrogens (tertiary/aromatic N) is 2. The largest absolute Gasteiger partial charge is 0.321 e. The van der Waals surface area contributed by atoms with E-state index in [0.717, 1.165) is 28.2 Å². The molecule has 4 nitrogen and oxygen atoms in total. The molecule has 0 fully saturated rings. The molecule has 0 aliphatic heterocycles. The van der Waals surface area contributed by atoms with Gasteiger partial charge in [-0.15, -0.1) is 0 Å². The Hall–Kier alpha value is -3.65. The number of anilines is 1. The van der Waals surface area contributed by atoms with Gasteiger partial charge in [-0.05, 0) is 74.4 Å². The number of hydrogen-bond donors (Lipinski definition) is 1. The van der Waals surface area contributed by atoms with Gasteiger partial charge in [-0.1, -0.05) is 18.2 Å². The molecule has 0 bridgehead atoms. The Kier molecular flexibility index (Phi) is 5.42. The SMILES string of the molecule is Cc1ccccc1-n1c(C)cc(C=C(C#N)C(=O)Nc2ccc(F)cc2)c1C. The van der Waals surface area contributed by atoms with Gasteiger partial charge in [0.05, 0.1) is 0 Å². The van der Waals surface area contributed by atoms with Crippen LogP contribution < -0.4 is 5.32 Å². The van der Waals surface area contributed by atoms with Gasteiger partial charge < -0.3 is 9.88 Å². The normalized spacial score (nSPS) is 11.2. The molecule has 1 amide bonds. The van der Waals surface area contributed by atoms with Crippen molar-refractivity contribution in [1.82, 2.24) is 4.57 Å². The summed E-state index contributed by atoms with van der Waals surface area (Å²) in [7, 11) is 0. The van der Waals surface area contributed by atoms with Crippen molar-refractivity contribution in [3.63, 3.8) is 0 Å². The molecular weight excluding hydrogens is 353 g/mol. The molecule has 1 N–H and O–H groups in total. The third-order valence-electron chi connectivity index (χ3n) is 4.59. The molecule has 0 spiro atoms. The summed E-state index contributed by atoms with van der Waals surface area (Å²) in [5.74, 6) is -0.924. The van der Waals surface area contributed by atoms with Gasteiger partial charge in [-0.25, -0.2) is 4.39 Å². The van der Waals surface area contributed by atoms with E-state index in [1.54, 1.807) is 6.08 Å². The lowest BCUT2D eigenvalue weighted by molar-refractivity contribution is -0.112. The summed E-state index contributed by atoms with van der Waals surface area (Å²) in [6.07, 6.45) is 1.58. The van der Waals surface area contributed by atoms with Gasteiger partial charge in [0.1, 0.15) is 17.5 Å². The molecule has 3 rings (SSSR count). The Balaban J connectivity index is 1.94. The molecular formula is C23H20FN3O. The van der Waals surface area contributed by atoms with E-state index in [-0.39, 0.29) is 5.57 Å². The summed E-state index contributed by atoms with van der Waals surface area (Å²) < 4.78 is 15.1. The summed E-state index contributed by atoms with van der Waals surface area (Å²) in [5, 5.41) is 12.1. The number of benzene rings is 2. The number of nitrogens with one attached hydrogen (secondary N) is 1. The van der Waals surface area contributed by atoms with Crippen molar-refractivity contribution < 1.29 is 9.18 Å². The number of halogens is 1. The number of hydrogen-bond acceptors (Lipinski definition) is 2. The molecule has 5 heteroatoms. The van der Waals surface area contributed by atoms with Crippen LogP contribution in [0.25, 0.3) is 11.8 Å². The van der Waals surface area contributed by atoms with E-state index in [4.69, 9.17) is 0 Å². The fourth-order valence-electron chi connectivity index (χ4n) is 3.15. The van der Waals surface area contributed by atoms with Crippen LogP contribution in [0.2, 0.25) is 0 Å². The van der Waals surface area contributed by atoms with Crippen molar-refractivity contribution in [2.45, 2.75) is 20.8 Å². The number of para-hydroxylation sites is 1. The van der Waals surface area contributed by atoms with Gasteiger partial charge in [0.15, 0.2) is 0 Å². The van der Waals surface area contributed by atoms with Crippen LogP contribution in [0.4, 0.5) is 10.1 Å². The molecule has 1 aromatic heterocycles. The first-order chi connectivity index (χ1) is 13.4. The van der Waals surface area contributed by atoms with Gasteiger partial charge in [0, 0.05) is 22.8 Å². The third kappa shape index (κ3) is 3.86. The van der Waals surface area contributed by atoms with E-state index >= 15 is 0 Å². The molecule has 140 valence electrons. The predicted molar refractivity (Wildman–Crippen MR) is 109 cm³/mol. The highest BCUT2D eigenvalue weighted by Crippen LogP contribution is 2.25. The summed E-state index contributed by atoms with van der Waals surface area (Å²) in [4.78, 5) is 12.5. The first kappa shape index (κ1) is 19.1. The maximum Gasteiger partial charge on any atom is 0.266 e. The smallest absolute Gasteiger partial charge is 0.266 e. The number of aryl methyl sites for hydroxylation is 2. The maximum absolute atomic E-state index is 13.0. The minimum Gasteiger partial charge on any atom is -0.321 e. The Labute approximate surface area is 163 Å². The van der Waals surface area contributed by atoms with Crippen molar-refractivity contribution in [2.24, 2.45) is 0 Å². The van der Waals surface area contributed by atoms with Crippen LogP contribution in [0.3, 0.4) is 0 Å². The highest BCUT2D eigenvalue weighted by atomic mass is 19.1. The molecule has 0 atom stereocenters. The molecule has 0 radical (unpaired) electrons. The fourth-order valence-corrected chi connectivity index (χ4v) is 3.15. The molecule has 0 aliphatic carbocycles. The number of nitriles is 1. The summed E-state index contributed by atoms with van der Waals surface area (Å²) in [6, 6.07) is 17.4. The van der Waals surface area contributed by atoms with E-state index in [1.807, 2.05) is 57.2 Å². The van der Waals surface area contributed by atoms with Gasteiger partial charge in [-0.2, -0.15) is 5.26 Å². The average Bonchev–Trinajstić information content (AvgIpc) is 2.95. The standard InChI is InChI=1S/C23H20FN3O/c1-15-6-4-5-7-22(15)27-16(2)12-18(17(27)3)13-19(14-25)23(28)26-21-10-8-20(24)9-11-21/h4-13H,1-3H3,(H,26,28). The van der Waals surface area contributed by atoms with Crippen molar-refractivity contribution in [3.05, 3.63) is 88.5 Å². The highest BCUT2D eigenvalue weighted by Gasteiger charge is 2.14. The van der Waals surface area contributed by atoms with Crippen molar-refractivity contribution in [3.8, 4) is 11.8 Å². The Morgan fingerprint density at radius 1 is 1.11 bits per heavy atom. The van der Waals surface area contributed by atoms with E-state index < -0.39 is 11.7 Å². The highest BCUT2D eigenvalue weighted by molar-refractivity contribution is 6.09. The Bertz CT molecular complexity index is 1100. The van der Waals surface area contributed by atoms with E-state index in [0.29, 0.717) is 5.69 Å². The Morgan fingerprint density at radius 2 is 1.79 bits per heavy atom. The number of amides is 1.